The molecule has 2 aromatic heterocycles. The first-order valence-electron chi connectivity index (χ1n) is 8.99. The maximum absolute atomic E-state index is 5.38. The van der Waals surface area contributed by atoms with Gasteiger partial charge >= 0.3 is 0 Å². The van der Waals surface area contributed by atoms with Crippen LogP contribution in [-0.2, 0) is 0 Å². The molecule has 4 rings (SSSR count). The normalized spacial score (nSPS) is 11.7. The molecule has 4 aromatic rings. The number of nitrogens with one attached hydrogen (secondary N) is 3. The minimum absolute atomic E-state index is 0.880. The first-order valence-corrected chi connectivity index (χ1v) is 8.99. The van der Waals surface area contributed by atoms with Crippen molar-refractivity contribution in [2.24, 2.45) is 0 Å². The Balaban J connectivity index is 1.84. The van der Waals surface area contributed by atoms with Crippen molar-refractivity contribution in [3.63, 3.8) is 0 Å². The standard InChI is InChI=1S/C21H24N4O/c1-25(2)12-4-10-22-21-20-18(9-11-23-21)24-17-8-5-14-13-15(26-3)6-7-16(14)19(17)20/h5-9,11,13,24H,4,10,12H2,1-3H3,(H,22,23)/p+1. The highest BCUT2D eigenvalue weighted by molar-refractivity contribution is 6.22. The molecule has 0 atom stereocenters. The number of anilines is 1. The summed E-state index contributed by atoms with van der Waals surface area (Å²) in [7, 11) is 5.91. The van der Waals surface area contributed by atoms with Gasteiger partial charge < -0.3 is 14.6 Å². The molecule has 134 valence electrons. The molecule has 5 heteroatoms. The number of H-pyrrole nitrogens is 2. The molecule has 0 aliphatic heterocycles. The van der Waals surface area contributed by atoms with Crippen LogP contribution in [0.1, 0.15) is 6.42 Å². The van der Waals surface area contributed by atoms with Gasteiger partial charge in [-0.1, -0.05) is 6.07 Å². The highest BCUT2D eigenvalue weighted by Gasteiger charge is 2.16. The van der Waals surface area contributed by atoms with E-state index in [1.807, 2.05) is 12.3 Å². The molecule has 5 nitrogen and oxygen atoms in total. The third-order valence-electron chi connectivity index (χ3n) is 4.83. The lowest BCUT2D eigenvalue weighted by molar-refractivity contribution is -0.359. The van der Waals surface area contributed by atoms with Gasteiger partial charge in [-0.15, -0.1) is 0 Å². The number of nitrogens with zero attached hydrogens (tertiary/aromatic N) is 1. The second kappa shape index (κ2) is 6.84. The minimum atomic E-state index is 0.880. The second-order valence-electron chi connectivity index (χ2n) is 6.93. The van der Waals surface area contributed by atoms with E-state index in [1.165, 1.54) is 21.5 Å². The third-order valence-corrected chi connectivity index (χ3v) is 4.83. The summed E-state index contributed by atoms with van der Waals surface area (Å²) in [5.74, 6) is 1.95. The predicted molar refractivity (Wildman–Crippen MR) is 108 cm³/mol. The molecular weight excluding hydrogens is 324 g/mol. The van der Waals surface area contributed by atoms with Gasteiger partial charge in [0.15, 0.2) is 0 Å². The van der Waals surface area contributed by atoms with Crippen molar-refractivity contribution < 1.29 is 9.72 Å². The molecule has 0 radical (unpaired) electrons. The lowest BCUT2D eigenvalue weighted by Gasteiger charge is -2.08. The van der Waals surface area contributed by atoms with Crippen molar-refractivity contribution in [1.82, 2.24) is 9.88 Å². The Morgan fingerprint density at radius 3 is 2.73 bits per heavy atom. The first-order chi connectivity index (χ1) is 12.7. The van der Waals surface area contributed by atoms with E-state index < -0.39 is 0 Å². The van der Waals surface area contributed by atoms with Gasteiger partial charge in [-0.05, 0) is 55.6 Å². The Labute approximate surface area is 153 Å². The molecule has 0 spiro atoms. The maximum atomic E-state index is 5.38. The van der Waals surface area contributed by atoms with E-state index in [-0.39, 0.29) is 0 Å². The molecular formula is C21H25N4O+. The van der Waals surface area contributed by atoms with E-state index in [2.05, 4.69) is 64.6 Å². The van der Waals surface area contributed by atoms with Crippen LogP contribution in [0.2, 0.25) is 0 Å². The van der Waals surface area contributed by atoms with Crippen LogP contribution in [0.3, 0.4) is 0 Å². The van der Waals surface area contributed by atoms with Gasteiger partial charge in [0.05, 0.1) is 30.8 Å². The molecule has 0 aliphatic rings. The molecule has 0 bridgehead atoms. The summed E-state index contributed by atoms with van der Waals surface area (Å²) in [6.07, 6.45) is 3.08. The van der Waals surface area contributed by atoms with Gasteiger partial charge in [0, 0.05) is 23.5 Å². The number of ether oxygens (including phenoxy) is 1. The number of fused-ring (bicyclic) bond motifs is 5. The fourth-order valence-corrected chi connectivity index (χ4v) is 3.56. The van der Waals surface area contributed by atoms with E-state index in [0.717, 1.165) is 42.1 Å². The SMILES string of the molecule is COc1ccc2c(ccc3[nH]c4cc[nH+]c(NCCCN(C)C)c4c32)c1. The van der Waals surface area contributed by atoms with Crippen molar-refractivity contribution in [2.75, 3.05) is 39.6 Å². The van der Waals surface area contributed by atoms with Crippen molar-refractivity contribution in [3.8, 4) is 5.75 Å². The molecule has 0 unspecified atom stereocenters. The molecule has 0 saturated carbocycles. The van der Waals surface area contributed by atoms with Gasteiger partial charge in [-0.2, -0.15) is 0 Å². The number of aromatic nitrogens is 2. The average molecular weight is 349 g/mol. The first kappa shape index (κ1) is 16.7. The Bertz CT molecular complexity index is 1070. The zero-order chi connectivity index (χ0) is 18.1. The van der Waals surface area contributed by atoms with Gasteiger partial charge in [0.2, 0.25) is 0 Å². The molecule has 26 heavy (non-hydrogen) atoms. The van der Waals surface area contributed by atoms with E-state index in [0.29, 0.717) is 0 Å². The quantitative estimate of drug-likeness (QED) is 0.522. The largest absolute Gasteiger partial charge is 0.497 e. The van der Waals surface area contributed by atoms with Crippen LogP contribution in [0, 0.1) is 0 Å². The number of pyridine rings is 1. The van der Waals surface area contributed by atoms with E-state index in [1.54, 1.807) is 7.11 Å². The molecule has 0 amide bonds. The summed E-state index contributed by atoms with van der Waals surface area (Å²) >= 11 is 0. The minimum Gasteiger partial charge on any atom is -0.497 e. The van der Waals surface area contributed by atoms with Crippen LogP contribution in [0.4, 0.5) is 5.82 Å². The van der Waals surface area contributed by atoms with Crippen LogP contribution < -0.4 is 15.0 Å². The van der Waals surface area contributed by atoms with Crippen LogP contribution in [0.5, 0.6) is 5.75 Å². The third kappa shape index (κ3) is 2.95. The summed E-state index contributed by atoms with van der Waals surface area (Å²) in [5, 5.41) is 8.44. The zero-order valence-corrected chi connectivity index (χ0v) is 15.5. The molecule has 0 saturated heterocycles. The van der Waals surface area contributed by atoms with Crippen LogP contribution >= 0.6 is 0 Å². The van der Waals surface area contributed by atoms with Crippen molar-refractivity contribution in [3.05, 3.63) is 42.6 Å². The summed E-state index contributed by atoms with van der Waals surface area (Å²) < 4.78 is 5.38. The van der Waals surface area contributed by atoms with Crippen LogP contribution in [0.25, 0.3) is 32.6 Å². The number of aromatic amines is 2. The number of benzene rings is 2. The topological polar surface area (TPSA) is 54.4 Å². The number of hydrogen-bond acceptors (Lipinski definition) is 3. The van der Waals surface area contributed by atoms with Gasteiger partial charge in [0.25, 0.3) is 5.82 Å². The molecule has 2 heterocycles. The van der Waals surface area contributed by atoms with E-state index in [9.17, 15) is 0 Å². The molecule has 0 fully saturated rings. The highest BCUT2D eigenvalue weighted by atomic mass is 16.5. The average Bonchev–Trinajstić information content (AvgIpc) is 3.04. The monoisotopic (exact) mass is 349 g/mol. The van der Waals surface area contributed by atoms with E-state index in [4.69, 9.17) is 4.74 Å². The Morgan fingerprint density at radius 2 is 1.92 bits per heavy atom. The summed E-state index contributed by atoms with van der Waals surface area (Å²) in [4.78, 5) is 9.15. The molecule has 3 N–H and O–H groups in total. The number of methoxy groups -OCH3 is 1. The zero-order valence-electron chi connectivity index (χ0n) is 15.5. The smallest absolute Gasteiger partial charge is 0.282 e. The van der Waals surface area contributed by atoms with Gasteiger partial charge in [-0.25, -0.2) is 4.98 Å². The van der Waals surface area contributed by atoms with Crippen LogP contribution in [-0.4, -0.2) is 44.2 Å². The highest BCUT2D eigenvalue weighted by Crippen LogP contribution is 2.35. The Kier molecular flexibility index (Phi) is 4.39. The Hall–Kier alpha value is -2.79. The van der Waals surface area contributed by atoms with Crippen molar-refractivity contribution in [1.29, 1.82) is 0 Å². The lowest BCUT2D eigenvalue weighted by Crippen LogP contribution is -2.19. The van der Waals surface area contributed by atoms with Crippen molar-refractivity contribution in [2.45, 2.75) is 6.42 Å². The second-order valence-corrected chi connectivity index (χ2v) is 6.93. The molecule has 2 aromatic carbocycles. The predicted octanol–water partition coefficient (Wildman–Crippen LogP) is 3.66. The summed E-state index contributed by atoms with van der Waals surface area (Å²) in [5.41, 5.74) is 2.28. The maximum Gasteiger partial charge on any atom is 0.282 e. The van der Waals surface area contributed by atoms with E-state index >= 15 is 0 Å². The Morgan fingerprint density at radius 1 is 1.08 bits per heavy atom. The van der Waals surface area contributed by atoms with Crippen LogP contribution in [0.15, 0.2) is 42.6 Å². The number of rotatable bonds is 6. The van der Waals surface area contributed by atoms with Gasteiger partial charge in [-0.3, -0.25) is 5.32 Å². The lowest BCUT2D eigenvalue weighted by atomic mass is 10.0. The van der Waals surface area contributed by atoms with Gasteiger partial charge in [0.1, 0.15) is 5.75 Å². The molecule has 0 aliphatic carbocycles. The summed E-state index contributed by atoms with van der Waals surface area (Å²) in [6, 6.07) is 12.6. The number of hydrogen-bond donors (Lipinski definition) is 2. The fourth-order valence-electron chi connectivity index (χ4n) is 3.56. The van der Waals surface area contributed by atoms with Crippen molar-refractivity contribution >= 4 is 38.4 Å². The summed E-state index contributed by atoms with van der Waals surface area (Å²) in [6.45, 7) is 2.00. The fraction of sp³-hybridized carbons (Fsp3) is 0.286.